The molecule has 1 aromatic carbocycles. The predicted octanol–water partition coefficient (Wildman–Crippen LogP) is 3.25. The van der Waals surface area contributed by atoms with Crippen molar-refractivity contribution in [3.05, 3.63) is 41.7 Å². The molecule has 3 rings (SSSR count). The zero-order chi connectivity index (χ0) is 16.2. The highest BCUT2D eigenvalue weighted by Crippen LogP contribution is 2.32. The Morgan fingerprint density at radius 3 is 2.83 bits per heavy atom. The van der Waals surface area contributed by atoms with Crippen molar-refractivity contribution >= 4 is 0 Å². The lowest BCUT2D eigenvalue weighted by Gasteiger charge is -2.29. The molecule has 2 heterocycles. The van der Waals surface area contributed by atoms with Gasteiger partial charge in [0.05, 0.1) is 18.8 Å². The van der Waals surface area contributed by atoms with Crippen molar-refractivity contribution in [3.8, 4) is 11.5 Å². The highest BCUT2D eigenvalue weighted by molar-refractivity contribution is 5.41. The summed E-state index contributed by atoms with van der Waals surface area (Å²) in [4.78, 5) is 2.48. The summed E-state index contributed by atoms with van der Waals surface area (Å²) in [5.74, 6) is 0.722. The average molecular weight is 315 g/mol. The van der Waals surface area contributed by atoms with Crippen LogP contribution in [-0.4, -0.2) is 33.4 Å². The second-order valence-electron chi connectivity index (χ2n) is 6.26. The van der Waals surface area contributed by atoms with Crippen LogP contribution in [0.15, 0.2) is 30.5 Å². The smallest absolute Gasteiger partial charge is 0.160 e. The molecule has 1 saturated heterocycles. The molecule has 0 aliphatic carbocycles. The van der Waals surface area contributed by atoms with E-state index in [-0.39, 0.29) is 5.75 Å². The Hall–Kier alpha value is -2.01. The van der Waals surface area contributed by atoms with Gasteiger partial charge in [-0.3, -0.25) is 9.58 Å². The first-order valence-electron chi connectivity index (χ1n) is 8.27. The maximum atomic E-state index is 10.0. The number of aryl methyl sites for hydroxylation is 1. The van der Waals surface area contributed by atoms with Crippen molar-refractivity contribution in [2.75, 3.05) is 13.7 Å². The first kappa shape index (κ1) is 15.9. The van der Waals surface area contributed by atoms with E-state index in [1.807, 2.05) is 30.1 Å². The number of rotatable bonds is 4. The van der Waals surface area contributed by atoms with E-state index in [1.54, 1.807) is 13.2 Å². The van der Waals surface area contributed by atoms with Crippen LogP contribution in [0.3, 0.4) is 0 Å². The van der Waals surface area contributed by atoms with Gasteiger partial charge in [-0.1, -0.05) is 18.9 Å². The number of benzene rings is 1. The lowest BCUT2D eigenvalue weighted by atomic mass is 10.1. The number of likely N-dealkylation sites (tertiary alicyclic amines) is 1. The molecule has 1 fully saturated rings. The third kappa shape index (κ3) is 3.67. The minimum atomic E-state index is 0.203. The van der Waals surface area contributed by atoms with E-state index >= 15 is 0 Å². The zero-order valence-electron chi connectivity index (χ0n) is 13.9. The van der Waals surface area contributed by atoms with Crippen LogP contribution in [-0.2, 0) is 13.6 Å². The molecular weight excluding hydrogens is 290 g/mol. The topological polar surface area (TPSA) is 50.5 Å². The summed E-state index contributed by atoms with van der Waals surface area (Å²) < 4.78 is 7.00. The molecule has 0 saturated carbocycles. The molecule has 0 bridgehead atoms. The number of phenols is 1. The Kier molecular flexibility index (Phi) is 4.86. The monoisotopic (exact) mass is 315 g/mol. The molecule has 0 spiro atoms. The molecule has 2 aromatic rings. The van der Waals surface area contributed by atoms with Gasteiger partial charge in [0.1, 0.15) is 0 Å². The maximum Gasteiger partial charge on any atom is 0.160 e. The number of aromatic hydroxyl groups is 1. The van der Waals surface area contributed by atoms with Crippen LogP contribution in [0.1, 0.15) is 43.0 Å². The number of hydrogen-bond donors (Lipinski definition) is 1. The summed E-state index contributed by atoms with van der Waals surface area (Å²) in [7, 11) is 3.53. The number of methoxy groups -OCH3 is 1. The van der Waals surface area contributed by atoms with Crippen molar-refractivity contribution in [3.63, 3.8) is 0 Å². The van der Waals surface area contributed by atoms with Crippen molar-refractivity contribution in [1.82, 2.24) is 14.7 Å². The molecule has 0 radical (unpaired) electrons. The standard InChI is InChI=1S/C18H25N3O2/c1-20-11-9-15(19-20)16-6-4-3-5-10-21(16)13-14-7-8-18(23-2)17(22)12-14/h7-9,11-12,16,22H,3-6,10,13H2,1-2H3. The number of aromatic nitrogens is 2. The third-order valence-electron chi connectivity index (χ3n) is 4.57. The number of nitrogens with zero attached hydrogens (tertiary/aromatic N) is 3. The van der Waals surface area contributed by atoms with E-state index < -0.39 is 0 Å². The van der Waals surface area contributed by atoms with E-state index in [0.29, 0.717) is 11.8 Å². The first-order valence-corrected chi connectivity index (χ1v) is 8.27. The van der Waals surface area contributed by atoms with E-state index in [1.165, 1.54) is 19.3 Å². The van der Waals surface area contributed by atoms with Gasteiger partial charge in [-0.2, -0.15) is 5.10 Å². The second-order valence-corrected chi connectivity index (χ2v) is 6.26. The number of ether oxygens (including phenoxy) is 1. The van der Waals surface area contributed by atoms with Crippen LogP contribution < -0.4 is 4.74 Å². The number of hydrogen-bond acceptors (Lipinski definition) is 4. The minimum absolute atomic E-state index is 0.203. The summed E-state index contributed by atoms with van der Waals surface area (Å²) in [6, 6.07) is 8.13. The molecular formula is C18H25N3O2. The van der Waals surface area contributed by atoms with Gasteiger partial charge in [0.2, 0.25) is 0 Å². The molecule has 1 atom stereocenters. The van der Waals surface area contributed by atoms with Crippen LogP contribution in [0.4, 0.5) is 0 Å². The van der Waals surface area contributed by atoms with Gasteiger partial charge >= 0.3 is 0 Å². The van der Waals surface area contributed by atoms with Gasteiger partial charge in [0, 0.05) is 19.8 Å². The first-order chi connectivity index (χ1) is 11.2. The molecule has 1 aliphatic heterocycles. The maximum absolute atomic E-state index is 10.0. The average Bonchev–Trinajstić information content (AvgIpc) is 2.83. The fraction of sp³-hybridized carbons (Fsp3) is 0.500. The molecule has 5 heteroatoms. The molecule has 1 N–H and O–H groups in total. The van der Waals surface area contributed by atoms with Crippen molar-refractivity contribution in [1.29, 1.82) is 0 Å². The van der Waals surface area contributed by atoms with Crippen molar-refractivity contribution in [2.45, 2.75) is 38.3 Å². The molecule has 23 heavy (non-hydrogen) atoms. The Morgan fingerprint density at radius 2 is 2.13 bits per heavy atom. The summed E-state index contributed by atoms with van der Waals surface area (Å²) in [5, 5.41) is 14.6. The minimum Gasteiger partial charge on any atom is -0.504 e. The van der Waals surface area contributed by atoms with E-state index in [0.717, 1.165) is 30.8 Å². The summed E-state index contributed by atoms with van der Waals surface area (Å²) in [5.41, 5.74) is 2.25. The fourth-order valence-electron chi connectivity index (χ4n) is 3.37. The van der Waals surface area contributed by atoms with Crippen LogP contribution in [0.5, 0.6) is 11.5 Å². The van der Waals surface area contributed by atoms with E-state index in [2.05, 4.69) is 16.1 Å². The van der Waals surface area contributed by atoms with Crippen LogP contribution in [0.25, 0.3) is 0 Å². The lowest BCUT2D eigenvalue weighted by molar-refractivity contribution is 0.188. The van der Waals surface area contributed by atoms with Gasteiger partial charge < -0.3 is 9.84 Å². The van der Waals surface area contributed by atoms with Crippen LogP contribution in [0, 0.1) is 0 Å². The SMILES string of the molecule is COc1ccc(CN2CCCCCC2c2ccn(C)n2)cc1O. The molecule has 1 aromatic heterocycles. The Labute approximate surface area is 137 Å². The van der Waals surface area contributed by atoms with Gasteiger partial charge in [-0.15, -0.1) is 0 Å². The van der Waals surface area contributed by atoms with Crippen molar-refractivity contribution in [2.24, 2.45) is 7.05 Å². The molecule has 124 valence electrons. The second kappa shape index (κ2) is 7.04. The Bertz CT molecular complexity index is 653. The largest absolute Gasteiger partial charge is 0.504 e. The molecule has 5 nitrogen and oxygen atoms in total. The van der Waals surface area contributed by atoms with E-state index in [4.69, 9.17) is 4.74 Å². The molecule has 1 aliphatic rings. The summed E-state index contributed by atoms with van der Waals surface area (Å²) in [6.07, 6.45) is 6.88. The number of phenolic OH excluding ortho intramolecular Hbond substituents is 1. The van der Waals surface area contributed by atoms with Crippen LogP contribution >= 0.6 is 0 Å². The highest BCUT2D eigenvalue weighted by atomic mass is 16.5. The molecule has 1 unspecified atom stereocenters. The van der Waals surface area contributed by atoms with Gasteiger partial charge in [-0.25, -0.2) is 0 Å². The zero-order valence-corrected chi connectivity index (χ0v) is 13.9. The van der Waals surface area contributed by atoms with Gasteiger partial charge in [-0.05, 0) is 43.1 Å². The molecule has 0 amide bonds. The Balaban J connectivity index is 1.81. The summed E-state index contributed by atoms with van der Waals surface area (Å²) in [6.45, 7) is 1.88. The fourth-order valence-corrected chi connectivity index (χ4v) is 3.37. The lowest BCUT2D eigenvalue weighted by Crippen LogP contribution is -2.28. The van der Waals surface area contributed by atoms with Gasteiger partial charge in [0.25, 0.3) is 0 Å². The quantitative estimate of drug-likeness (QED) is 0.941. The van der Waals surface area contributed by atoms with E-state index in [9.17, 15) is 5.11 Å². The summed E-state index contributed by atoms with van der Waals surface area (Å²) >= 11 is 0. The van der Waals surface area contributed by atoms with Crippen LogP contribution in [0.2, 0.25) is 0 Å². The predicted molar refractivity (Wildman–Crippen MR) is 89.5 cm³/mol. The Morgan fingerprint density at radius 1 is 1.26 bits per heavy atom. The van der Waals surface area contributed by atoms with Crippen molar-refractivity contribution < 1.29 is 9.84 Å². The van der Waals surface area contributed by atoms with Gasteiger partial charge in [0.15, 0.2) is 11.5 Å². The third-order valence-corrected chi connectivity index (χ3v) is 4.57. The highest BCUT2D eigenvalue weighted by Gasteiger charge is 2.24. The normalized spacial score (nSPS) is 19.5.